The number of amides is 1. The lowest BCUT2D eigenvalue weighted by molar-refractivity contribution is -0.119. The predicted octanol–water partition coefficient (Wildman–Crippen LogP) is 2.38. The number of thioether (sulfide) groups is 1. The Labute approximate surface area is 125 Å². The Hall–Kier alpha value is -0.710. The van der Waals surface area contributed by atoms with E-state index in [9.17, 15) is 4.79 Å². The van der Waals surface area contributed by atoms with E-state index >= 15 is 0 Å². The fraction of sp³-hybridized carbons (Fsp3) is 0.500. The topological polar surface area (TPSA) is 41.1 Å². The Morgan fingerprint density at radius 3 is 2.58 bits per heavy atom. The van der Waals surface area contributed by atoms with Crippen molar-refractivity contribution in [2.75, 3.05) is 18.8 Å². The summed E-state index contributed by atoms with van der Waals surface area (Å²) in [6.45, 7) is 4.09. The highest BCUT2D eigenvalue weighted by molar-refractivity contribution is 8.00. The Bertz CT molecular complexity index is 391. The van der Waals surface area contributed by atoms with Crippen molar-refractivity contribution in [2.45, 2.75) is 30.7 Å². The number of nitrogens with one attached hydrogen (secondary N) is 2. The van der Waals surface area contributed by atoms with E-state index in [4.69, 9.17) is 0 Å². The van der Waals surface area contributed by atoms with Gasteiger partial charge < -0.3 is 10.6 Å². The monoisotopic (exact) mass is 300 g/mol. The number of carbonyl (C=O) groups excluding carboxylic acids is 1. The molecule has 1 amide bonds. The minimum absolute atomic E-state index is 0. The normalized spacial score (nSPS) is 15.6. The van der Waals surface area contributed by atoms with Gasteiger partial charge in [-0.1, -0.05) is 17.7 Å². The fourth-order valence-corrected chi connectivity index (χ4v) is 2.73. The quantitative estimate of drug-likeness (QED) is 0.839. The molecule has 1 saturated heterocycles. The van der Waals surface area contributed by atoms with Crippen LogP contribution < -0.4 is 10.6 Å². The van der Waals surface area contributed by atoms with Crippen molar-refractivity contribution in [2.24, 2.45) is 0 Å². The van der Waals surface area contributed by atoms with E-state index in [-0.39, 0.29) is 18.3 Å². The van der Waals surface area contributed by atoms with Crippen molar-refractivity contribution in [3.63, 3.8) is 0 Å². The van der Waals surface area contributed by atoms with Crippen LogP contribution in [0.4, 0.5) is 0 Å². The van der Waals surface area contributed by atoms with E-state index < -0.39 is 0 Å². The second-order valence-electron chi connectivity index (χ2n) is 4.69. The van der Waals surface area contributed by atoms with Crippen molar-refractivity contribution in [3.8, 4) is 0 Å². The van der Waals surface area contributed by atoms with Crippen LogP contribution in [0.15, 0.2) is 29.2 Å². The number of hydrogen-bond donors (Lipinski definition) is 2. The molecule has 5 heteroatoms. The Morgan fingerprint density at radius 1 is 1.32 bits per heavy atom. The first-order valence-electron chi connectivity index (χ1n) is 6.43. The smallest absolute Gasteiger partial charge is 0.230 e. The van der Waals surface area contributed by atoms with Crippen LogP contribution in [-0.2, 0) is 4.79 Å². The van der Waals surface area contributed by atoms with Crippen molar-refractivity contribution >= 4 is 30.1 Å². The number of piperidine rings is 1. The lowest BCUT2D eigenvalue weighted by Crippen LogP contribution is -2.43. The molecule has 0 saturated carbocycles. The van der Waals surface area contributed by atoms with Crippen molar-refractivity contribution in [1.82, 2.24) is 10.6 Å². The Kier molecular flexibility index (Phi) is 7.28. The van der Waals surface area contributed by atoms with Gasteiger partial charge in [0.2, 0.25) is 5.91 Å². The molecule has 19 heavy (non-hydrogen) atoms. The Balaban J connectivity index is 0.00000180. The predicted molar refractivity (Wildman–Crippen MR) is 83.2 cm³/mol. The van der Waals surface area contributed by atoms with Gasteiger partial charge in [0.1, 0.15) is 0 Å². The first-order valence-corrected chi connectivity index (χ1v) is 7.42. The summed E-state index contributed by atoms with van der Waals surface area (Å²) in [5.74, 6) is 0.653. The number of benzene rings is 1. The zero-order chi connectivity index (χ0) is 12.8. The summed E-state index contributed by atoms with van der Waals surface area (Å²) in [4.78, 5) is 13.0. The third-order valence-corrected chi connectivity index (χ3v) is 4.11. The number of carbonyl (C=O) groups is 1. The molecule has 1 aliphatic rings. The minimum atomic E-state index is 0. The van der Waals surface area contributed by atoms with Gasteiger partial charge in [-0.15, -0.1) is 24.2 Å². The van der Waals surface area contributed by atoms with Crippen LogP contribution in [0, 0.1) is 6.92 Å². The molecular weight excluding hydrogens is 280 g/mol. The van der Waals surface area contributed by atoms with E-state index in [1.165, 1.54) is 5.56 Å². The maximum atomic E-state index is 11.8. The van der Waals surface area contributed by atoms with Crippen molar-refractivity contribution in [1.29, 1.82) is 0 Å². The van der Waals surface area contributed by atoms with Gasteiger partial charge in [-0.25, -0.2) is 0 Å². The van der Waals surface area contributed by atoms with E-state index in [0.29, 0.717) is 11.8 Å². The molecule has 1 aromatic carbocycles. The first kappa shape index (κ1) is 16.3. The zero-order valence-electron chi connectivity index (χ0n) is 11.1. The van der Waals surface area contributed by atoms with Gasteiger partial charge in [0, 0.05) is 10.9 Å². The molecule has 0 aromatic heterocycles. The van der Waals surface area contributed by atoms with Crippen LogP contribution in [0.5, 0.6) is 0 Å². The maximum absolute atomic E-state index is 11.8. The molecule has 0 atom stereocenters. The molecule has 106 valence electrons. The molecule has 0 radical (unpaired) electrons. The molecule has 1 heterocycles. The third-order valence-electron chi connectivity index (χ3n) is 3.10. The average Bonchev–Trinajstić information content (AvgIpc) is 2.39. The zero-order valence-corrected chi connectivity index (χ0v) is 12.8. The van der Waals surface area contributed by atoms with Gasteiger partial charge in [-0.2, -0.15) is 0 Å². The van der Waals surface area contributed by atoms with E-state index in [1.54, 1.807) is 11.8 Å². The van der Waals surface area contributed by atoms with Crippen LogP contribution in [-0.4, -0.2) is 30.8 Å². The maximum Gasteiger partial charge on any atom is 0.230 e. The molecular formula is C14H21ClN2OS. The lowest BCUT2D eigenvalue weighted by atomic mass is 10.1. The van der Waals surface area contributed by atoms with Crippen molar-refractivity contribution in [3.05, 3.63) is 29.8 Å². The van der Waals surface area contributed by atoms with Gasteiger partial charge in [0.05, 0.1) is 5.75 Å². The molecule has 3 nitrogen and oxygen atoms in total. The van der Waals surface area contributed by atoms with E-state index in [1.807, 2.05) is 0 Å². The summed E-state index contributed by atoms with van der Waals surface area (Å²) in [6.07, 6.45) is 2.09. The molecule has 1 aliphatic heterocycles. The molecule has 1 aromatic rings. The summed E-state index contributed by atoms with van der Waals surface area (Å²) in [7, 11) is 0. The van der Waals surface area contributed by atoms with Gasteiger partial charge in [-0.3, -0.25) is 4.79 Å². The minimum Gasteiger partial charge on any atom is -0.353 e. The van der Waals surface area contributed by atoms with E-state index in [0.717, 1.165) is 30.8 Å². The molecule has 2 N–H and O–H groups in total. The van der Waals surface area contributed by atoms with Gasteiger partial charge in [-0.05, 0) is 45.0 Å². The molecule has 0 aliphatic carbocycles. The second kappa shape index (κ2) is 8.46. The number of halogens is 1. The molecule has 0 unspecified atom stereocenters. The van der Waals surface area contributed by atoms with Gasteiger partial charge in [0.25, 0.3) is 0 Å². The number of aryl methyl sites for hydroxylation is 1. The highest BCUT2D eigenvalue weighted by Gasteiger charge is 2.15. The van der Waals surface area contributed by atoms with Crippen LogP contribution in [0.1, 0.15) is 18.4 Å². The molecule has 2 rings (SSSR count). The lowest BCUT2D eigenvalue weighted by Gasteiger charge is -2.23. The standard InChI is InChI=1S/C14H20N2OS.ClH/c1-11-2-4-13(5-3-11)18-10-14(17)16-12-6-8-15-9-7-12;/h2-5,12,15H,6-10H2,1H3,(H,16,17);1H. The Morgan fingerprint density at radius 2 is 1.95 bits per heavy atom. The number of hydrogen-bond acceptors (Lipinski definition) is 3. The summed E-state index contributed by atoms with van der Waals surface area (Å²) < 4.78 is 0. The highest BCUT2D eigenvalue weighted by Crippen LogP contribution is 2.18. The molecule has 0 bridgehead atoms. The van der Waals surface area contributed by atoms with Crippen LogP contribution in [0.25, 0.3) is 0 Å². The molecule has 1 fully saturated rings. The largest absolute Gasteiger partial charge is 0.353 e. The summed E-state index contributed by atoms with van der Waals surface area (Å²) in [6, 6.07) is 8.65. The third kappa shape index (κ3) is 5.85. The molecule has 0 spiro atoms. The fourth-order valence-electron chi connectivity index (χ4n) is 2.02. The van der Waals surface area contributed by atoms with Crippen LogP contribution in [0.2, 0.25) is 0 Å². The summed E-state index contributed by atoms with van der Waals surface area (Å²) >= 11 is 1.60. The van der Waals surface area contributed by atoms with Crippen LogP contribution >= 0.6 is 24.2 Å². The first-order chi connectivity index (χ1) is 8.74. The van der Waals surface area contributed by atoms with Gasteiger partial charge >= 0.3 is 0 Å². The van der Waals surface area contributed by atoms with Crippen molar-refractivity contribution < 1.29 is 4.79 Å². The van der Waals surface area contributed by atoms with E-state index in [2.05, 4.69) is 41.8 Å². The number of rotatable bonds is 4. The SMILES string of the molecule is Cc1ccc(SCC(=O)NC2CCNCC2)cc1.Cl. The second-order valence-corrected chi connectivity index (χ2v) is 5.74. The van der Waals surface area contributed by atoms with Gasteiger partial charge in [0.15, 0.2) is 0 Å². The highest BCUT2D eigenvalue weighted by atomic mass is 35.5. The average molecular weight is 301 g/mol. The summed E-state index contributed by atoms with van der Waals surface area (Å²) in [5, 5.41) is 6.40. The van der Waals surface area contributed by atoms with Crippen LogP contribution in [0.3, 0.4) is 0 Å². The summed E-state index contributed by atoms with van der Waals surface area (Å²) in [5.41, 5.74) is 1.25.